The molecular formula is C19H22ClN3O4. The molecule has 2 aromatic carbocycles. The fourth-order valence-corrected chi connectivity index (χ4v) is 2.53. The number of ether oxygens (including phenoxy) is 2. The molecule has 0 saturated carbocycles. The summed E-state index contributed by atoms with van der Waals surface area (Å²) in [5.74, 6) is 0.0904. The van der Waals surface area contributed by atoms with Gasteiger partial charge < -0.3 is 25.4 Å². The zero-order chi connectivity index (χ0) is 19.6. The number of carbonyl (C=O) groups excluding carboxylic acids is 2. The monoisotopic (exact) mass is 391 g/mol. The minimum Gasteiger partial charge on any atom is -0.495 e. The van der Waals surface area contributed by atoms with Crippen LogP contribution < -0.4 is 20.7 Å². The van der Waals surface area contributed by atoms with Gasteiger partial charge in [0.25, 0.3) is 5.91 Å². The minimum absolute atomic E-state index is 0.0401. The van der Waals surface area contributed by atoms with Gasteiger partial charge in [-0.3, -0.25) is 9.59 Å². The lowest BCUT2D eigenvalue weighted by Crippen LogP contribution is -2.27. The second-order valence-corrected chi connectivity index (χ2v) is 5.99. The number of benzene rings is 2. The summed E-state index contributed by atoms with van der Waals surface area (Å²) in [6, 6.07) is 11.9. The van der Waals surface area contributed by atoms with E-state index in [0.29, 0.717) is 40.9 Å². The maximum absolute atomic E-state index is 12.1. The van der Waals surface area contributed by atoms with Crippen LogP contribution in [0.15, 0.2) is 42.5 Å². The average molecular weight is 392 g/mol. The summed E-state index contributed by atoms with van der Waals surface area (Å²) in [5.41, 5.74) is 1.73. The summed E-state index contributed by atoms with van der Waals surface area (Å²) in [7, 11) is 3.09. The van der Waals surface area contributed by atoms with Crippen molar-refractivity contribution in [2.24, 2.45) is 0 Å². The molecule has 0 aliphatic heterocycles. The third kappa shape index (κ3) is 6.47. The van der Waals surface area contributed by atoms with E-state index in [1.165, 1.54) is 7.11 Å². The van der Waals surface area contributed by atoms with Crippen molar-refractivity contribution >= 4 is 34.8 Å². The molecule has 0 atom stereocenters. The molecule has 0 spiro atoms. The van der Waals surface area contributed by atoms with Gasteiger partial charge in [0.1, 0.15) is 5.75 Å². The van der Waals surface area contributed by atoms with Crippen LogP contribution in [0.25, 0.3) is 0 Å². The lowest BCUT2D eigenvalue weighted by Gasteiger charge is -2.10. The molecule has 0 aliphatic carbocycles. The number of nitrogens with one attached hydrogen (secondary N) is 3. The quantitative estimate of drug-likeness (QED) is 0.572. The van der Waals surface area contributed by atoms with Crippen molar-refractivity contribution in [3.8, 4) is 5.75 Å². The van der Waals surface area contributed by atoms with Gasteiger partial charge in [-0.05, 0) is 36.4 Å². The summed E-state index contributed by atoms with van der Waals surface area (Å²) in [4.78, 5) is 24.1. The molecule has 8 heteroatoms. The van der Waals surface area contributed by atoms with E-state index in [4.69, 9.17) is 21.1 Å². The Morgan fingerprint density at radius 2 is 1.89 bits per heavy atom. The highest BCUT2D eigenvalue weighted by atomic mass is 35.5. The number of hydrogen-bond donors (Lipinski definition) is 3. The summed E-state index contributed by atoms with van der Waals surface area (Å²) in [5, 5.41) is 8.89. The van der Waals surface area contributed by atoms with E-state index in [-0.39, 0.29) is 18.4 Å². The summed E-state index contributed by atoms with van der Waals surface area (Å²) < 4.78 is 9.97. The van der Waals surface area contributed by atoms with Gasteiger partial charge >= 0.3 is 0 Å². The maximum Gasteiger partial charge on any atom is 0.251 e. The van der Waals surface area contributed by atoms with Crippen LogP contribution in [0.5, 0.6) is 5.75 Å². The Morgan fingerprint density at radius 1 is 1.07 bits per heavy atom. The Labute approximate surface area is 163 Å². The fourth-order valence-electron chi connectivity index (χ4n) is 2.27. The van der Waals surface area contributed by atoms with Gasteiger partial charge in [0, 0.05) is 30.6 Å². The van der Waals surface area contributed by atoms with Gasteiger partial charge in [-0.25, -0.2) is 0 Å². The smallest absolute Gasteiger partial charge is 0.251 e. The van der Waals surface area contributed by atoms with Crippen LogP contribution in [0, 0.1) is 0 Å². The van der Waals surface area contributed by atoms with Crippen LogP contribution in [-0.4, -0.2) is 45.7 Å². The molecule has 0 bridgehead atoms. The number of methoxy groups -OCH3 is 2. The lowest BCUT2D eigenvalue weighted by molar-refractivity contribution is -0.114. The summed E-state index contributed by atoms with van der Waals surface area (Å²) in [6.07, 6.45) is 0. The van der Waals surface area contributed by atoms with Gasteiger partial charge in [0.15, 0.2) is 0 Å². The largest absolute Gasteiger partial charge is 0.495 e. The third-order valence-electron chi connectivity index (χ3n) is 3.61. The van der Waals surface area contributed by atoms with Crippen LogP contribution in [0.2, 0.25) is 5.02 Å². The first-order chi connectivity index (χ1) is 13.0. The van der Waals surface area contributed by atoms with Crippen molar-refractivity contribution < 1.29 is 19.1 Å². The van der Waals surface area contributed by atoms with Crippen molar-refractivity contribution in [1.82, 2.24) is 5.32 Å². The highest BCUT2D eigenvalue weighted by molar-refractivity contribution is 6.32. The van der Waals surface area contributed by atoms with E-state index in [1.54, 1.807) is 49.6 Å². The molecule has 144 valence electrons. The molecule has 0 heterocycles. The van der Waals surface area contributed by atoms with Crippen LogP contribution in [0.3, 0.4) is 0 Å². The van der Waals surface area contributed by atoms with Crippen molar-refractivity contribution in [3.63, 3.8) is 0 Å². The van der Waals surface area contributed by atoms with Crippen LogP contribution in [-0.2, 0) is 9.53 Å². The van der Waals surface area contributed by atoms with Gasteiger partial charge in [-0.1, -0.05) is 17.7 Å². The molecule has 7 nitrogen and oxygen atoms in total. The van der Waals surface area contributed by atoms with Crippen LogP contribution in [0.4, 0.5) is 11.4 Å². The van der Waals surface area contributed by atoms with Gasteiger partial charge in [-0.2, -0.15) is 0 Å². The lowest BCUT2D eigenvalue weighted by atomic mass is 10.2. The normalized spacial score (nSPS) is 10.2. The van der Waals surface area contributed by atoms with E-state index < -0.39 is 0 Å². The average Bonchev–Trinajstić information content (AvgIpc) is 2.67. The number of amides is 2. The predicted octanol–water partition coefficient (Wildman–Crippen LogP) is 2.78. The molecule has 0 radical (unpaired) electrons. The van der Waals surface area contributed by atoms with Gasteiger partial charge in [0.2, 0.25) is 5.91 Å². The standard InChI is InChI=1S/C19H22ClN3O4/c1-26-9-8-21-19(25)13-4-3-5-14(10-13)22-12-18(24)23-15-6-7-17(27-2)16(20)11-15/h3-7,10-11,22H,8-9,12H2,1-2H3,(H,21,25)(H,23,24). The molecule has 0 unspecified atom stereocenters. The molecule has 0 saturated heterocycles. The zero-order valence-corrected chi connectivity index (χ0v) is 15.9. The van der Waals surface area contributed by atoms with E-state index in [9.17, 15) is 9.59 Å². The first kappa shape index (κ1) is 20.5. The van der Waals surface area contributed by atoms with Crippen molar-refractivity contribution in [3.05, 3.63) is 53.1 Å². The first-order valence-electron chi connectivity index (χ1n) is 8.28. The molecule has 2 amide bonds. The van der Waals surface area contributed by atoms with E-state index in [2.05, 4.69) is 16.0 Å². The highest BCUT2D eigenvalue weighted by Gasteiger charge is 2.08. The molecule has 0 fully saturated rings. The van der Waals surface area contributed by atoms with Crippen LogP contribution >= 0.6 is 11.6 Å². The molecule has 0 aromatic heterocycles. The zero-order valence-electron chi connectivity index (χ0n) is 15.2. The van der Waals surface area contributed by atoms with Gasteiger partial charge in [0.05, 0.1) is 25.3 Å². The van der Waals surface area contributed by atoms with Gasteiger partial charge in [-0.15, -0.1) is 0 Å². The Hall–Kier alpha value is -2.77. The second-order valence-electron chi connectivity index (χ2n) is 5.58. The fraction of sp³-hybridized carbons (Fsp3) is 0.263. The SMILES string of the molecule is COCCNC(=O)c1cccc(NCC(=O)Nc2ccc(OC)c(Cl)c2)c1. The first-order valence-corrected chi connectivity index (χ1v) is 8.65. The Bertz CT molecular complexity index is 798. The molecule has 2 rings (SSSR count). The molecule has 3 N–H and O–H groups in total. The second kappa shape index (κ2) is 10.4. The minimum atomic E-state index is -0.244. The topological polar surface area (TPSA) is 88.7 Å². The predicted molar refractivity (Wildman–Crippen MR) is 106 cm³/mol. The Kier molecular flexibility index (Phi) is 7.91. The van der Waals surface area contributed by atoms with Crippen molar-refractivity contribution in [1.29, 1.82) is 0 Å². The van der Waals surface area contributed by atoms with E-state index >= 15 is 0 Å². The summed E-state index contributed by atoms with van der Waals surface area (Å²) >= 11 is 6.04. The molecule has 0 aliphatic rings. The molecule has 27 heavy (non-hydrogen) atoms. The molecular weight excluding hydrogens is 370 g/mol. The third-order valence-corrected chi connectivity index (χ3v) is 3.90. The number of halogens is 1. The maximum atomic E-state index is 12.1. The van der Waals surface area contributed by atoms with Crippen LogP contribution in [0.1, 0.15) is 10.4 Å². The van der Waals surface area contributed by atoms with Crippen molar-refractivity contribution in [2.45, 2.75) is 0 Å². The Balaban J connectivity index is 1.88. The summed E-state index contributed by atoms with van der Waals surface area (Å²) in [6.45, 7) is 0.914. The molecule has 2 aromatic rings. The number of hydrogen-bond acceptors (Lipinski definition) is 5. The van der Waals surface area contributed by atoms with E-state index in [1.807, 2.05) is 0 Å². The number of carbonyl (C=O) groups is 2. The number of anilines is 2. The van der Waals surface area contributed by atoms with E-state index in [0.717, 1.165) is 0 Å². The highest BCUT2D eigenvalue weighted by Crippen LogP contribution is 2.27. The Morgan fingerprint density at radius 3 is 2.59 bits per heavy atom. The van der Waals surface area contributed by atoms with Crippen molar-refractivity contribution in [2.75, 3.05) is 44.5 Å². The number of rotatable bonds is 9.